The summed E-state index contributed by atoms with van der Waals surface area (Å²) in [5.41, 5.74) is 3.75. The highest BCUT2D eigenvalue weighted by atomic mass is 19.1. The minimum absolute atomic E-state index is 0.0464. The normalized spacial score (nSPS) is 14.5. The number of halogens is 2. The van der Waals surface area contributed by atoms with Crippen LogP contribution in [0.3, 0.4) is 0 Å². The lowest BCUT2D eigenvalue weighted by Crippen LogP contribution is -2.41. The van der Waals surface area contributed by atoms with Crippen LogP contribution in [0.4, 0.5) is 8.78 Å². The molecule has 1 amide bonds. The standard InChI is InChI=1S/C15H23NO.C10H12F2N2O2/c1-12(2)16-10-8-15(9-11-16)17-14-6-4-13(3)5-7-14;1-16-14-3-2-13-10(15)7-4-8(11)6-9(12)5-7/h4-7,12,15H,8-11H2,1-3H3;4-6,14H,2-3H2,1H3,(H,13,15). The molecular weight excluding hydrogens is 428 g/mol. The van der Waals surface area contributed by atoms with Crippen LogP contribution in [0.25, 0.3) is 0 Å². The van der Waals surface area contributed by atoms with E-state index in [1.54, 1.807) is 0 Å². The van der Waals surface area contributed by atoms with Gasteiger partial charge in [-0.25, -0.2) is 14.3 Å². The van der Waals surface area contributed by atoms with E-state index in [1.807, 2.05) is 0 Å². The zero-order valence-corrected chi connectivity index (χ0v) is 19.9. The number of nitrogens with zero attached hydrogens (tertiary/aromatic N) is 1. The minimum atomic E-state index is -0.778. The number of carbonyl (C=O) groups excluding carboxylic acids is 1. The Kier molecular flexibility index (Phi) is 11.2. The maximum Gasteiger partial charge on any atom is 0.251 e. The third-order valence-electron chi connectivity index (χ3n) is 5.31. The summed E-state index contributed by atoms with van der Waals surface area (Å²) in [5, 5.41) is 2.47. The Labute approximate surface area is 195 Å². The molecule has 1 heterocycles. The van der Waals surface area contributed by atoms with Gasteiger partial charge in [0, 0.05) is 43.9 Å². The number of hydroxylamine groups is 1. The monoisotopic (exact) mass is 463 g/mol. The molecule has 1 aliphatic rings. The summed E-state index contributed by atoms with van der Waals surface area (Å²) in [4.78, 5) is 18.5. The molecule has 6 nitrogen and oxygen atoms in total. The number of ether oxygens (including phenoxy) is 1. The Balaban J connectivity index is 0.000000234. The second-order valence-corrected chi connectivity index (χ2v) is 8.27. The van der Waals surface area contributed by atoms with Crippen LogP contribution >= 0.6 is 0 Å². The first kappa shape index (κ1) is 26.7. The number of likely N-dealkylation sites (tertiary alicyclic amines) is 1. The third-order valence-corrected chi connectivity index (χ3v) is 5.31. The Hall–Kier alpha value is -2.55. The van der Waals surface area contributed by atoms with Crippen molar-refractivity contribution in [3.63, 3.8) is 0 Å². The zero-order chi connectivity index (χ0) is 24.2. The molecule has 0 saturated carbocycles. The van der Waals surface area contributed by atoms with E-state index in [1.165, 1.54) is 12.7 Å². The molecule has 0 radical (unpaired) electrons. The van der Waals surface area contributed by atoms with Crippen molar-refractivity contribution in [1.82, 2.24) is 15.7 Å². The highest BCUT2D eigenvalue weighted by Gasteiger charge is 2.21. The Morgan fingerprint density at radius 1 is 1.06 bits per heavy atom. The van der Waals surface area contributed by atoms with Crippen molar-refractivity contribution >= 4 is 5.91 Å². The van der Waals surface area contributed by atoms with Gasteiger partial charge in [0.1, 0.15) is 23.5 Å². The molecule has 0 aliphatic carbocycles. The zero-order valence-electron chi connectivity index (χ0n) is 19.9. The quantitative estimate of drug-likeness (QED) is 0.456. The average molecular weight is 464 g/mol. The lowest BCUT2D eigenvalue weighted by molar-refractivity contribution is 0.0842. The van der Waals surface area contributed by atoms with Gasteiger partial charge >= 0.3 is 0 Å². The Morgan fingerprint density at radius 2 is 1.67 bits per heavy atom. The molecule has 1 fully saturated rings. The molecule has 2 aromatic rings. The van der Waals surface area contributed by atoms with Gasteiger partial charge in [-0.3, -0.25) is 4.79 Å². The van der Waals surface area contributed by atoms with Crippen molar-refractivity contribution in [2.24, 2.45) is 0 Å². The Morgan fingerprint density at radius 3 is 2.21 bits per heavy atom. The fourth-order valence-electron chi connectivity index (χ4n) is 3.44. The molecule has 0 bridgehead atoms. The van der Waals surface area contributed by atoms with Crippen LogP contribution in [0.5, 0.6) is 5.75 Å². The van der Waals surface area contributed by atoms with Crippen molar-refractivity contribution in [3.05, 3.63) is 65.2 Å². The summed E-state index contributed by atoms with van der Waals surface area (Å²) < 4.78 is 31.6. The summed E-state index contributed by atoms with van der Waals surface area (Å²) in [6.07, 6.45) is 2.69. The summed E-state index contributed by atoms with van der Waals surface area (Å²) in [5.74, 6) is -1.07. The third kappa shape index (κ3) is 9.86. The van der Waals surface area contributed by atoms with Gasteiger partial charge in [0.25, 0.3) is 5.91 Å². The van der Waals surface area contributed by atoms with E-state index in [2.05, 4.69) is 65.6 Å². The predicted octanol–water partition coefficient (Wildman–Crippen LogP) is 4.09. The van der Waals surface area contributed by atoms with Crippen LogP contribution in [0.15, 0.2) is 42.5 Å². The van der Waals surface area contributed by atoms with Crippen LogP contribution in [-0.4, -0.2) is 56.2 Å². The van der Waals surface area contributed by atoms with Crippen LogP contribution in [0, 0.1) is 18.6 Å². The number of carbonyl (C=O) groups is 1. The largest absolute Gasteiger partial charge is 0.490 e. The number of piperidine rings is 1. The smallest absolute Gasteiger partial charge is 0.251 e. The molecule has 8 heteroatoms. The van der Waals surface area contributed by atoms with E-state index in [-0.39, 0.29) is 5.56 Å². The highest BCUT2D eigenvalue weighted by Crippen LogP contribution is 2.20. The molecule has 1 aliphatic heterocycles. The van der Waals surface area contributed by atoms with Crippen molar-refractivity contribution < 1.29 is 23.1 Å². The van der Waals surface area contributed by atoms with Crippen LogP contribution in [0.2, 0.25) is 0 Å². The molecule has 33 heavy (non-hydrogen) atoms. The number of benzene rings is 2. The number of amides is 1. The van der Waals surface area contributed by atoms with Crippen LogP contribution in [-0.2, 0) is 4.84 Å². The molecule has 0 atom stereocenters. The second-order valence-electron chi connectivity index (χ2n) is 8.27. The molecule has 0 aromatic heterocycles. The van der Waals surface area contributed by atoms with E-state index >= 15 is 0 Å². The number of hydrogen-bond donors (Lipinski definition) is 2. The lowest BCUT2D eigenvalue weighted by atomic mass is 10.1. The maximum atomic E-state index is 12.8. The molecule has 2 aromatic carbocycles. The summed E-state index contributed by atoms with van der Waals surface area (Å²) in [6.45, 7) is 9.65. The Bertz CT molecular complexity index is 834. The van der Waals surface area contributed by atoms with Gasteiger partial charge in [0.15, 0.2) is 0 Å². The van der Waals surface area contributed by atoms with Gasteiger partial charge in [-0.2, -0.15) is 0 Å². The highest BCUT2D eigenvalue weighted by molar-refractivity contribution is 5.94. The van der Waals surface area contributed by atoms with Gasteiger partial charge in [-0.15, -0.1) is 0 Å². The van der Waals surface area contributed by atoms with Gasteiger partial charge < -0.3 is 19.8 Å². The minimum Gasteiger partial charge on any atom is -0.490 e. The van der Waals surface area contributed by atoms with E-state index < -0.39 is 17.5 Å². The van der Waals surface area contributed by atoms with Crippen molar-refractivity contribution in [3.8, 4) is 5.75 Å². The average Bonchev–Trinajstić information content (AvgIpc) is 2.78. The lowest BCUT2D eigenvalue weighted by Gasteiger charge is -2.34. The second kappa shape index (κ2) is 13.9. The summed E-state index contributed by atoms with van der Waals surface area (Å²) in [7, 11) is 1.45. The summed E-state index contributed by atoms with van der Waals surface area (Å²) in [6, 6.07) is 11.7. The first-order valence-electron chi connectivity index (χ1n) is 11.3. The van der Waals surface area contributed by atoms with Gasteiger partial charge in [0.05, 0.1) is 7.11 Å². The molecular formula is C25H35F2N3O3. The van der Waals surface area contributed by atoms with Gasteiger partial charge in [0.2, 0.25) is 0 Å². The van der Waals surface area contributed by atoms with E-state index in [4.69, 9.17) is 4.74 Å². The molecule has 3 rings (SSSR count). The number of aryl methyl sites for hydroxylation is 1. The molecule has 2 N–H and O–H groups in total. The first-order chi connectivity index (χ1) is 15.8. The van der Waals surface area contributed by atoms with E-state index in [9.17, 15) is 13.6 Å². The van der Waals surface area contributed by atoms with Crippen molar-refractivity contribution in [1.29, 1.82) is 0 Å². The molecule has 1 saturated heterocycles. The van der Waals surface area contributed by atoms with E-state index in [0.29, 0.717) is 31.3 Å². The predicted molar refractivity (Wildman–Crippen MR) is 125 cm³/mol. The molecule has 0 unspecified atom stereocenters. The van der Waals surface area contributed by atoms with Crippen molar-refractivity contribution in [2.75, 3.05) is 33.3 Å². The van der Waals surface area contributed by atoms with Crippen LogP contribution in [0.1, 0.15) is 42.6 Å². The molecule has 182 valence electrons. The molecule has 0 spiro atoms. The van der Waals surface area contributed by atoms with Gasteiger partial charge in [-0.1, -0.05) is 17.7 Å². The first-order valence-corrected chi connectivity index (χ1v) is 11.3. The number of hydrogen-bond acceptors (Lipinski definition) is 5. The fourth-order valence-corrected chi connectivity index (χ4v) is 3.44. The van der Waals surface area contributed by atoms with Crippen LogP contribution < -0.4 is 15.5 Å². The van der Waals surface area contributed by atoms with E-state index in [0.717, 1.165) is 43.8 Å². The maximum absolute atomic E-state index is 12.8. The number of rotatable bonds is 8. The fraction of sp³-hybridized carbons (Fsp3) is 0.480. The SMILES string of the molecule is CONCCNC(=O)c1cc(F)cc(F)c1.Cc1ccc(OC2CCN(C(C)C)CC2)cc1. The van der Waals surface area contributed by atoms with Gasteiger partial charge in [-0.05, 0) is 57.9 Å². The number of nitrogens with one attached hydrogen (secondary N) is 2. The van der Waals surface area contributed by atoms with Crippen molar-refractivity contribution in [2.45, 2.75) is 45.8 Å². The summed E-state index contributed by atoms with van der Waals surface area (Å²) >= 11 is 0. The topological polar surface area (TPSA) is 62.8 Å².